The van der Waals surface area contributed by atoms with Gasteiger partial charge >= 0.3 is 0 Å². The summed E-state index contributed by atoms with van der Waals surface area (Å²) in [4.78, 5) is 10.5. The number of hydrogen-bond acceptors (Lipinski definition) is 8. The lowest BCUT2D eigenvalue weighted by atomic mass is 10.3. The van der Waals surface area contributed by atoms with Crippen LogP contribution in [0.5, 0.6) is 0 Å². The molecule has 1 unspecified atom stereocenters. The van der Waals surface area contributed by atoms with Gasteiger partial charge in [-0.2, -0.15) is 0 Å². The van der Waals surface area contributed by atoms with Crippen molar-refractivity contribution >= 4 is 21.5 Å². The zero-order chi connectivity index (χ0) is 14.8. The van der Waals surface area contributed by atoms with Crippen LogP contribution in [0, 0.1) is 0 Å². The average molecular weight is 301 g/mol. The summed E-state index contributed by atoms with van der Waals surface area (Å²) in [6, 6.07) is 1.57. The Hall–Kier alpha value is -1.45. The molecule has 3 N–H and O–H groups in total. The third-order valence-corrected chi connectivity index (χ3v) is 4.94. The highest BCUT2D eigenvalue weighted by molar-refractivity contribution is 7.91. The molecule has 1 aliphatic heterocycles. The lowest BCUT2D eigenvalue weighted by molar-refractivity contribution is 0.178. The predicted molar refractivity (Wildman–Crippen MR) is 76.0 cm³/mol. The maximum absolute atomic E-state index is 11.6. The Balaban J connectivity index is 2.29. The van der Waals surface area contributed by atoms with Gasteiger partial charge in [0.15, 0.2) is 15.7 Å². The van der Waals surface area contributed by atoms with Gasteiger partial charge in [0.2, 0.25) is 0 Å². The molecule has 1 saturated heterocycles. The average Bonchev–Trinajstić information content (AvgIpc) is 2.37. The highest BCUT2D eigenvalue weighted by atomic mass is 32.2. The Morgan fingerprint density at radius 3 is 2.90 bits per heavy atom. The molecular formula is C11H19N5O3S. The Labute approximate surface area is 118 Å². The van der Waals surface area contributed by atoms with Gasteiger partial charge in [-0.1, -0.05) is 0 Å². The number of hydrazine groups is 1. The number of rotatable bonds is 4. The van der Waals surface area contributed by atoms with E-state index in [0.29, 0.717) is 24.0 Å². The summed E-state index contributed by atoms with van der Waals surface area (Å²) in [5, 5.41) is 0. The highest BCUT2D eigenvalue weighted by Crippen LogP contribution is 2.22. The number of nitrogen functional groups attached to an aromatic ring is 1. The SMILES string of the molecule is COCc1nc(NN)cc(N2CCS(=O)(=O)CC2C)n1. The largest absolute Gasteiger partial charge is 0.377 e. The first-order chi connectivity index (χ1) is 9.45. The smallest absolute Gasteiger partial charge is 0.158 e. The monoisotopic (exact) mass is 301 g/mol. The quantitative estimate of drug-likeness (QED) is 0.567. The summed E-state index contributed by atoms with van der Waals surface area (Å²) in [5.41, 5.74) is 2.48. The summed E-state index contributed by atoms with van der Waals surface area (Å²) in [7, 11) is -1.40. The van der Waals surface area contributed by atoms with E-state index in [1.807, 2.05) is 11.8 Å². The number of hydrogen-bond donors (Lipinski definition) is 2. The molecule has 112 valence electrons. The fraction of sp³-hybridized carbons (Fsp3) is 0.636. The van der Waals surface area contributed by atoms with Gasteiger partial charge < -0.3 is 15.1 Å². The zero-order valence-electron chi connectivity index (χ0n) is 11.5. The van der Waals surface area contributed by atoms with Crippen molar-refractivity contribution in [1.29, 1.82) is 0 Å². The van der Waals surface area contributed by atoms with Crippen molar-refractivity contribution in [2.45, 2.75) is 19.6 Å². The molecule has 0 radical (unpaired) electrons. The van der Waals surface area contributed by atoms with E-state index < -0.39 is 9.84 Å². The molecule has 8 nitrogen and oxygen atoms in total. The fourth-order valence-electron chi connectivity index (χ4n) is 2.24. The van der Waals surface area contributed by atoms with Crippen molar-refractivity contribution in [2.24, 2.45) is 5.84 Å². The highest BCUT2D eigenvalue weighted by Gasteiger charge is 2.29. The number of nitrogens with two attached hydrogens (primary N) is 1. The van der Waals surface area contributed by atoms with Crippen molar-refractivity contribution in [3.63, 3.8) is 0 Å². The molecule has 2 rings (SSSR count). The van der Waals surface area contributed by atoms with Crippen LogP contribution in [0.1, 0.15) is 12.7 Å². The Morgan fingerprint density at radius 2 is 2.30 bits per heavy atom. The minimum Gasteiger partial charge on any atom is -0.377 e. The number of sulfone groups is 1. The van der Waals surface area contributed by atoms with Crippen LogP contribution in [0.15, 0.2) is 6.07 Å². The number of anilines is 2. The van der Waals surface area contributed by atoms with Crippen LogP contribution in [0.25, 0.3) is 0 Å². The lowest BCUT2D eigenvalue weighted by Crippen LogP contribution is -2.47. The topological polar surface area (TPSA) is 110 Å². The van der Waals surface area contributed by atoms with Crippen LogP contribution < -0.4 is 16.2 Å². The first kappa shape index (κ1) is 14.9. The molecule has 0 amide bonds. The van der Waals surface area contributed by atoms with E-state index in [4.69, 9.17) is 10.6 Å². The summed E-state index contributed by atoms with van der Waals surface area (Å²) >= 11 is 0. The van der Waals surface area contributed by atoms with E-state index in [9.17, 15) is 8.42 Å². The van der Waals surface area contributed by atoms with Crippen molar-refractivity contribution in [3.05, 3.63) is 11.9 Å². The van der Waals surface area contributed by atoms with E-state index in [-0.39, 0.29) is 24.2 Å². The number of nitrogens with zero attached hydrogens (tertiary/aromatic N) is 3. The second-order valence-corrected chi connectivity index (χ2v) is 6.99. The second-order valence-electron chi connectivity index (χ2n) is 4.76. The van der Waals surface area contributed by atoms with Crippen LogP contribution in [0.4, 0.5) is 11.6 Å². The maximum Gasteiger partial charge on any atom is 0.158 e. The van der Waals surface area contributed by atoms with Crippen LogP contribution in [0.2, 0.25) is 0 Å². The predicted octanol–water partition coefficient (Wildman–Crippen LogP) is -0.468. The normalized spacial score (nSPS) is 21.8. The van der Waals surface area contributed by atoms with Gasteiger partial charge in [-0.3, -0.25) is 0 Å². The summed E-state index contributed by atoms with van der Waals surface area (Å²) in [5.74, 6) is 7.28. The molecule has 1 aliphatic rings. The molecule has 1 atom stereocenters. The molecule has 20 heavy (non-hydrogen) atoms. The molecule has 0 spiro atoms. The first-order valence-electron chi connectivity index (χ1n) is 6.26. The molecule has 0 bridgehead atoms. The van der Waals surface area contributed by atoms with Gasteiger partial charge in [0.05, 0.1) is 11.5 Å². The van der Waals surface area contributed by atoms with Crippen LogP contribution >= 0.6 is 0 Å². The van der Waals surface area contributed by atoms with Crippen molar-refractivity contribution in [3.8, 4) is 0 Å². The third-order valence-electron chi connectivity index (χ3n) is 3.14. The number of methoxy groups -OCH3 is 1. The van der Waals surface area contributed by atoms with Crippen LogP contribution in [0.3, 0.4) is 0 Å². The van der Waals surface area contributed by atoms with Crippen molar-refractivity contribution in [2.75, 3.05) is 35.5 Å². The molecule has 2 heterocycles. The standard InChI is InChI=1S/C11H19N5O3S/c1-8-7-20(17,18)4-3-16(8)11-5-9(15-12)13-10(14-11)6-19-2/h5,8H,3-4,6-7,12H2,1-2H3,(H,13,14,15). The van der Waals surface area contributed by atoms with E-state index in [1.54, 1.807) is 13.2 Å². The molecule has 1 aromatic heterocycles. The first-order valence-corrected chi connectivity index (χ1v) is 8.08. The minimum atomic E-state index is -2.96. The fourth-order valence-corrected chi connectivity index (χ4v) is 3.79. The van der Waals surface area contributed by atoms with E-state index in [0.717, 1.165) is 0 Å². The zero-order valence-corrected chi connectivity index (χ0v) is 12.4. The Bertz CT molecular complexity index is 577. The number of aromatic nitrogens is 2. The summed E-state index contributed by atoms with van der Waals surface area (Å²) < 4.78 is 28.3. The Kier molecular flexibility index (Phi) is 4.41. The Morgan fingerprint density at radius 1 is 1.55 bits per heavy atom. The molecule has 0 aliphatic carbocycles. The molecule has 9 heteroatoms. The van der Waals surface area contributed by atoms with Gasteiger partial charge in [0.25, 0.3) is 0 Å². The van der Waals surface area contributed by atoms with Crippen LogP contribution in [-0.2, 0) is 21.2 Å². The van der Waals surface area contributed by atoms with Gasteiger partial charge in [0, 0.05) is 25.8 Å². The van der Waals surface area contributed by atoms with Crippen LogP contribution in [-0.4, -0.2) is 49.6 Å². The molecular weight excluding hydrogens is 282 g/mol. The summed E-state index contributed by atoms with van der Waals surface area (Å²) in [6.07, 6.45) is 0. The number of ether oxygens (including phenoxy) is 1. The minimum absolute atomic E-state index is 0.127. The lowest BCUT2D eigenvalue weighted by Gasteiger charge is -2.34. The molecule has 0 aromatic carbocycles. The second kappa shape index (κ2) is 5.90. The molecule has 0 saturated carbocycles. The third kappa shape index (κ3) is 3.35. The molecule has 1 fully saturated rings. The molecule has 1 aromatic rings. The van der Waals surface area contributed by atoms with Gasteiger partial charge in [-0.15, -0.1) is 0 Å². The van der Waals surface area contributed by atoms with E-state index in [2.05, 4.69) is 15.4 Å². The van der Waals surface area contributed by atoms with Crippen molar-refractivity contribution in [1.82, 2.24) is 9.97 Å². The van der Waals surface area contributed by atoms with Gasteiger partial charge in [-0.05, 0) is 6.92 Å². The van der Waals surface area contributed by atoms with E-state index >= 15 is 0 Å². The maximum atomic E-state index is 11.6. The summed E-state index contributed by atoms with van der Waals surface area (Å²) in [6.45, 7) is 2.55. The van der Waals surface area contributed by atoms with Crippen molar-refractivity contribution < 1.29 is 13.2 Å². The van der Waals surface area contributed by atoms with Gasteiger partial charge in [0.1, 0.15) is 18.2 Å². The number of nitrogens with one attached hydrogen (secondary N) is 1. The van der Waals surface area contributed by atoms with E-state index in [1.165, 1.54) is 0 Å². The van der Waals surface area contributed by atoms with Gasteiger partial charge in [-0.25, -0.2) is 24.2 Å².